The molecule has 0 saturated carbocycles. The molecule has 0 saturated heterocycles. The Bertz CT molecular complexity index is 1500. The molecule has 0 aliphatic heterocycles. The van der Waals surface area contributed by atoms with E-state index in [1.165, 1.54) is 30.5 Å². The largest absolute Gasteiger partial charge is 0.490 e. The van der Waals surface area contributed by atoms with E-state index in [0.29, 0.717) is 35.8 Å². The first-order chi connectivity index (χ1) is 20.0. The second kappa shape index (κ2) is 14.2. The van der Waals surface area contributed by atoms with Crippen LogP contribution in [0.25, 0.3) is 0 Å². The van der Waals surface area contributed by atoms with Crippen molar-refractivity contribution < 1.29 is 41.8 Å². The number of carbonyl (C=O) groups excluding carboxylic acids is 1. The molecule has 3 aromatic carbocycles. The standard InChI is InChI=1S/C28H25ClF3N3O7/c1-4-11-41-23-9-7-18(14-24(23)39-5-2)27(36)34-33-16-17-12-20(29)26(25(13-17)40-6-3)42-22-10-8-19(28(30,31)32)15-21(22)35(37)38/h4,7-10,12-16H,1,5-6,11H2,2-3H3,(H,34,36)/b33-16+. The van der Waals surface area contributed by atoms with E-state index in [-0.39, 0.29) is 35.3 Å². The first-order valence-electron chi connectivity index (χ1n) is 12.3. The molecular weight excluding hydrogens is 583 g/mol. The van der Waals surface area contributed by atoms with Gasteiger partial charge in [0.05, 0.1) is 34.9 Å². The molecule has 1 amide bonds. The maximum Gasteiger partial charge on any atom is 0.416 e. The zero-order chi connectivity index (χ0) is 30.9. The summed E-state index contributed by atoms with van der Waals surface area (Å²) in [5.74, 6) is -0.343. The lowest BCUT2D eigenvalue weighted by molar-refractivity contribution is -0.385. The van der Waals surface area contributed by atoms with Gasteiger partial charge in [0.25, 0.3) is 5.91 Å². The first kappa shape index (κ1) is 31.7. The number of nitro benzene ring substituents is 1. The third kappa shape index (κ3) is 8.13. The predicted octanol–water partition coefficient (Wildman–Crippen LogP) is 7.19. The van der Waals surface area contributed by atoms with Gasteiger partial charge >= 0.3 is 11.9 Å². The van der Waals surface area contributed by atoms with E-state index in [4.69, 9.17) is 30.5 Å². The summed E-state index contributed by atoms with van der Waals surface area (Å²) >= 11 is 6.36. The highest BCUT2D eigenvalue weighted by Gasteiger charge is 2.33. The van der Waals surface area contributed by atoms with Crippen molar-refractivity contribution in [1.82, 2.24) is 5.43 Å². The summed E-state index contributed by atoms with van der Waals surface area (Å²) in [5, 5.41) is 15.3. The summed E-state index contributed by atoms with van der Waals surface area (Å²) in [7, 11) is 0. The van der Waals surface area contributed by atoms with Crippen LogP contribution in [0, 0.1) is 10.1 Å². The Labute approximate surface area is 243 Å². The Balaban J connectivity index is 1.83. The summed E-state index contributed by atoms with van der Waals surface area (Å²) in [5.41, 5.74) is 0.850. The van der Waals surface area contributed by atoms with Crippen LogP contribution in [0.4, 0.5) is 18.9 Å². The molecule has 14 heteroatoms. The molecule has 222 valence electrons. The monoisotopic (exact) mass is 607 g/mol. The maximum absolute atomic E-state index is 13.1. The summed E-state index contributed by atoms with van der Waals surface area (Å²) in [6.45, 7) is 7.78. The van der Waals surface area contributed by atoms with Crippen LogP contribution in [0.2, 0.25) is 5.02 Å². The van der Waals surface area contributed by atoms with Crippen LogP contribution >= 0.6 is 11.6 Å². The number of nitrogens with zero attached hydrogens (tertiary/aromatic N) is 2. The lowest BCUT2D eigenvalue weighted by atomic mass is 10.1. The van der Waals surface area contributed by atoms with Crippen molar-refractivity contribution in [2.24, 2.45) is 5.10 Å². The molecule has 0 aliphatic carbocycles. The van der Waals surface area contributed by atoms with Gasteiger partial charge in [-0.05, 0) is 61.9 Å². The predicted molar refractivity (Wildman–Crippen MR) is 149 cm³/mol. The van der Waals surface area contributed by atoms with E-state index in [2.05, 4.69) is 17.1 Å². The Morgan fingerprint density at radius 1 is 1.02 bits per heavy atom. The van der Waals surface area contributed by atoms with E-state index in [1.807, 2.05) is 0 Å². The van der Waals surface area contributed by atoms with Gasteiger partial charge in [-0.25, -0.2) is 5.43 Å². The zero-order valence-electron chi connectivity index (χ0n) is 22.4. The van der Waals surface area contributed by atoms with Crippen molar-refractivity contribution in [1.29, 1.82) is 0 Å². The van der Waals surface area contributed by atoms with Crippen LogP contribution in [0.15, 0.2) is 66.3 Å². The summed E-state index contributed by atoms with van der Waals surface area (Å²) in [6, 6.07) is 9.25. The van der Waals surface area contributed by atoms with Crippen molar-refractivity contribution in [3.63, 3.8) is 0 Å². The maximum atomic E-state index is 13.1. The molecule has 0 spiro atoms. The van der Waals surface area contributed by atoms with Crippen molar-refractivity contribution in [3.8, 4) is 28.7 Å². The van der Waals surface area contributed by atoms with Crippen LogP contribution in [0.5, 0.6) is 28.7 Å². The Kier molecular flexibility index (Phi) is 10.7. The first-order valence-corrected chi connectivity index (χ1v) is 12.7. The van der Waals surface area contributed by atoms with Crippen molar-refractivity contribution >= 4 is 29.4 Å². The number of nitrogens with one attached hydrogen (secondary N) is 1. The minimum absolute atomic E-state index is 0.0310. The molecule has 42 heavy (non-hydrogen) atoms. The van der Waals surface area contributed by atoms with E-state index < -0.39 is 34.0 Å². The molecule has 0 heterocycles. The lowest BCUT2D eigenvalue weighted by Gasteiger charge is -2.15. The number of amides is 1. The molecule has 0 bridgehead atoms. The van der Waals surface area contributed by atoms with Crippen LogP contribution in [-0.2, 0) is 6.18 Å². The van der Waals surface area contributed by atoms with Gasteiger partial charge in [-0.2, -0.15) is 18.3 Å². The van der Waals surface area contributed by atoms with E-state index in [9.17, 15) is 28.1 Å². The fraction of sp³-hybridized carbons (Fsp3) is 0.214. The fourth-order valence-electron chi connectivity index (χ4n) is 3.47. The number of halogens is 4. The van der Waals surface area contributed by atoms with Crippen LogP contribution in [-0.4, -0.2) is 36.9 Å². The molecule has 0 fully saturated rings. The van der Waals surface area contributed by atoms with Crippen LogP contribution in [0.3, 0.4) is 0 Å². The number of rotatable bonds is 13. The number of alkyl halides is 3. The van der Waals surface area contributed by atoms with Gasteiger partial charge in [-0.3, -0.25) is 14.9 Å². The van der Waals surface area contributed by atoms with Crippen LogP contribution < -0.4 is 24.4 Å². The smallest absolute Gasteiger partial charge is 0.416 e. The van der Waals surface area contributed by atoms with Crippen molar-refractivity contribution in [3.05, 3.63) is 93.0 Å². The zero-order valence-corrected chi connectivity index (χ0v) is 23.1. The second-order valence-corrected chi connectivity index (χ2v) is 8.60. The van der Waals surface area contributed by atoms with Gasteiger partial charge in [0.2, 0.25) is 5.75 Å². The number of hydrogen-bond donors (Lipinski definition) is 1. The molecule has 0 aliphatic rings. The molecule has 0 aromatic heterocycles. The Hall–Kier alpha value is -4.78. The third-order valence-corrected chi connectivity index (χ3v) is 5.55. The van der Waals surface area contributed by atoms with Crippen molar-refractivity contribution in [2.75, 3.05) is 19.8 Å². The Morgan fingerprint density at radius 2 is 1.71 bits per heavy atom. The number of nitro groups is 1. The average Bonchev–Trinajstić information content (AvgIpc) is 2.93. The molecule has 0 unspecified atom stereocenters. The SMILES string of the molecule is C=CCOc1ccc(C(=O)N/N=C/c2cc(Cl)c(Oc3ccc(C(F)(F)F)cc3[N+](=O)[O-])c(OCC)c2)cc1OCC. The lowest BCUT2D eigenvalue weighted by Crippen LogP contribution is -2.17. The van der Waals surface area contributed by atoms with Gasteiger partial charge in [0.15, 0.2) is 23.0 Å². The summed E-state index contributed by atoms with van der Waals surface area (Å²) in [6.07, 6.45) is -1.95. The number of carbonyl (C=O) groups is 1. The molecule has 10 nitrogen and oxygen atoms in total. The van der Waals surface area contributed by atoms with Crippen molar-refractivity contribution in [2.45, 2.75) is 20.0 Å². The van der Waals surface area contributed by atoms with E-state index in [0.717, 1.165) is 6.07 Å². The van der Waals surface area contributed by atoms with Gasteiger partial charge < -0.3 is 18.9 Å². The molecule has 0 radical (unpaired) electrons. The summed E-state index contributed by atoms with van der Waals surface area (Å²) < 4.78 is 61.3. The number of hydrazone groups is 1. The van der Waals surface area contributed by atoms with Gasteiger partial charge in [-0.1, -0.05) is 24.3 Å². The van der Waals surface area contributed by atoms with Gasteiger partial charge in [0, 0.05) is 11.6 Å². The van der Waals surface area contributed by atoms with Crippen LogP contribution in [0.1, 0.15) is 35.3 Å². The number of ether oxygens (including phenoxy) is 4. The number of hydrogen-bond acceptors (Lipinski definition) is 8. The highest BCUT2D eigenvalue weighted by Crippen LogP contribution is 2.43. The topological polar surface area (TPSA) is 122 Å². The molecular formula is C28H25ClF3N3O7. The number of benzene rings is 3. The van der Waals surface area contributed by atoms with Gasteiger partial charge in [0.1, 0.15) is 6.61 Å². The minimum Gasteiger partial charge on any atom is -0.490 e. The highest BCUT2D eigenvalue weighted by molar-refractivity contribution is 6.32. The quantitative estimate of drug-likeness (QED) is 0.0945. The summed E-state index contributed by atoms with van der Waals surface area (Å²) in [4.78, 5) is 23.1. The fourth-order valence-corrected chi connectivity index (χ4v) is 3.73. The van der Waals surface area contributed by atoms with E-state index in [1.54, 1.807) is 26.0 Å². The molecule has 3 aromatic rings. The minimum atomic E-state index is -4.79. The van der Waals surface area contributed by atoms with Gasteiger partial charge in [-0.15, -0.1) is 0 Å². The highest BCUT2D eigenvalue weighted by atomic mass is 35.5. The molecule has 3 rings (SSSR count). The molecule has 1 N–H and O–H groups in total. The average molecular weight is 608 g/mol. The second-order valence-electron chi connectivity index (χ2n) is 8.20. The normalized spacial score (nSPS) is 11.2. The molecule has 0 atom stereocenters. The Morgan fingerprint density at radius 3 is 2.36 bits per heavy atom. The third-order valence-electron chi connectivity index (χ3n) is 5.27. The van der Waals surface area contributed by atoms with E-state index >= 15 is 0 Å².